The van der Waals surface area contributed by atoms with Gasteiger partial charge in [0.05, 0.1) is 4.90 Å². The van der Waals surface area contributed by atoms with E-state index in [9.17, 15) is 8.42 Å². The van der Waals surface area contributed by atoms with Crippen molar-refractivity contribution in [1.29, 1.82) is 0 Å². The van der Waals surface area contributed by atoms with Crippen molar-refractivity contribution in [2.45, 2.75) is 70.2 Å². The minimum atomic E-state index is -3.34. The minimum absolute atomic E-state index is 0.120. The first-order chi connectivity index (χ1) is 9.87. The van der Waals surface area contributed by atoms with Crippen LogP contribution in [0.5, 0.6) is 0 Å². The molecule has 1 heterocycles. The third-order valence-electron chi connectivity index (χ3n) is 4.35. The van der Waals surface area contributed by atoms with Gasteiger partial charge >= 0.3 is 0 Å². The lowest BCUT2D eigenvalue weighted by molar-refractivity contribution is 0.408. The summed E-state index contributed by atoms with van der Waals surface area (Å²) in [6.07, 6.45) is 3.90. The van der Waals surface area contributed by atoms with Crippen LogP contribution in [0.1, 0.15) is 64.0 Å². The molecule has 1 aromatic rings. The monoisotopic (exact) mass is 309 g/mol. The Kier molecular flexibility index (Phi) is 5.10. The standard InChI is InChI=1S/C17H27NO2S/c1-5-7-15-12-16(9-10-17(15)13(2)3)21(19,20)18-11-6-8-14(18)4/h9-10,12-14H,5-8,11H2,1-4H3/t14-/m0/s1. The third kappa shape index (κ3) is 3.32. The maximum absolute atomic E-state index is 12.8. The van der Waals surface area contributed by atoms with Crippen LogP contribution >= 0.6 is 0 Å². The van der Waals surface area contributed by atoms with Crippen LogP contribution < -0.4 is 0 Å². The van der Waals surface area contributed by atoms with Crippen molar-refractivity contribution >= 4 is 10.0 Å². The Hall–Kier alpha value is -0.870. The number of hydrogen-bond donors (Lipinski definition) is 0. The highest BCUT2D eigenvalue weighted by molar-refractivity contribution is 7.89. The molecule has 0 N–H and O–H groups in total. The third-order valence-corrected chi connectivity index (χ3v) is 6.36. The fourth-order valence-electron chi connectivity index (χ4n) is 3.19. The van der Waals surface area contributed by atoms with Gasteiger partial charge in [0.1, 0.15) is 0 Å². The Bertz CT molecular complexity index is 593. The number of benzene rings is 1. The largest absolute Gasteiger partial charge is 0.243 e. The fraction of sp³-hybridized carbons (Fsp3) is 0.647. The van der Waals surface area contributed by atoms with Crippen molar-refractivity contribution < 1.29 is 8.42 Å². The number of aryl methyl sites for hydroxylation is 1. The molecule has 118 valence electrons. The van der Waals surface area contributed by atoms with E-state index in [0.29, 0.717) is 17.4 Å². The van der Waals surface area contributed by atoms with Gasteiger partial charge in [0.25, 0.3) is 0 Å². The highest BCUT2D eigenvalue weighted by Crippen LogP contribution is 2.29. The van der Waals surface area contributed by atoms with Crippen LogP contribution in [0.15, 0.2) is 23.1 Å². The van der Waals surface area contributed by atoms with E-state index in [2.05, 4.69) is 20.8 Å². The van der Waals surface area contributed by atoms with Crippen molar-refractivity contribution in [3.63, 3.8) is 0 Å². The lowest BCUT2D eigenvalue weighted by Crippen LogP contribution is -2.33. The van der Waals surface area contributed by atoms with Crippen molar-refractivity contribution in [2.24, 2.45) is 0 Å². The van der Waals surface area contributed by atoms with E-state index in [4.69, 9.17) is 0 Å². The minimum Gasteiger partial charge on any atom is -0.207 e. The van der Waals surface area contributed by atoms with Crippen molar-refractivity contribution in [2.75, 3.05) is 6.54 Å². The van der Waals surface area contributed by atoms with Gasteiger partial charge < -0.3 is 0 Å². The van der Waals surface area contributed by atoms with E-state index < -0.39 is 10.0 Å². The topological polar surface area (TPSA) is 37.4 Å². The van der Waals surface area contributed by atoms with Gasteiger partial charge in [-0.05, 0) is 55.4 Å². The lowest BCUT2D eigenvalue weighted by Gasteiger charge is -2.22. The van der Waals surface area contributed by atoms with Gasteiger partial charge in [-0.2, -0.15) is 4.31 Å². The summed E-state index contributed by atoms with van der Waals surface area (Å²) in [4.78, 5) is 0.462. The average Bonchev–Trinajstić information content (AvgIpc) is 2.85. The van der Waals surface area contributed by atoms with Crippen LogP contribution in [0.3, 0.4) is 0 Å². The normalized spacial score (nSPS) is 20.3. The Morgan fingerprint density at radius 1 is 1.33 bits per heavy atom. The number of rotatable bonds is 5. The quantitative estimate of drug-likeness (QED) is 0.826. The number of sulfonamides is 1. The molecule has 1 aliphatic heterocycles. The second kappa shape index (κ2) is 6.49. The SMILES string of the molecule is CCCc1cc(S(=O)(=O)N2CCC[C@@H]2C)ccc1C(C)C. The van der Waals surface area contributed by atoms with Crippen LogP contribution in [0.25, 0.3) is 0 Å². The fourth-order valence-corrected chi connectivity index (χ4v) is 4.94. The zero-order valence-electron chi connectivity index (χ0n) is 13.6. The molecule has 1 aliphatic rings. The molecule has 0 aliphatic carbocycles. The molecule has 0 saturated carbocycles. The average molecular weight is 309 g/mol. The molecule has 0 amide bonds. The Labute approximate surface area is 129 Å². The lowest BCUT2D eigenvalue weighted by atomic mass is 9.95. The number of hydrogen-bond acceptors (Lipinski definition) is 2. The van der Waals surface area contributed by atoms with Crippen LogP contribution in [-0.4, -0.2) is 25.3 Å². The Morgan fingerprint density at radius 2 is 2.05 bits per heavy atom. The highest BCUT2D eigenvalue weighted by atomic mass is 32.2. The summed E-state index contributed by atoms with van der Waals surface area (Å²) < 4.78 is 27.3. The molecule has 21 heavy (non-hydrogen) atoms. The van der Waals surface area contributed by atoms with E-state index in [1.165, 1.54) is 11.1 Å². The molecule has 4 heteroatoms. The van der Waals surface area contributed by atoms with Crippen LogP contribution in [-0.2, 0) is 16.4 Å². The maximum Gasteiger partial charge on any atom is 0.243 e. The van der Waals surface area contributed by atoms with Crippen LogP contribution in [0.2, 0.25) is 0 Å². The van der Waals surface area contributed by atoms with Crippen LogP contribution in [0.4, 0.5) is 0 Å². The Morgan fingerprint density at radius 3 is 2.57 bits per heavy atom. The molecule has 0 radical (unpaired) electrons. The second-order valence-electron chi connectivity index (χ2n) is 6.37. The summed E-state index contributed by atoms with van der Waals surface area (Å²) >= 11 is 0. The van der Waals surface area contributed by atoms with Gasteiger partial charge in [0, 0.05) is 12.6 Å². The molecule has 0 bridgehead atoms. The van der Waals surface area contributed by atoms with Crippen molar-refractivity contribution in [3.05, 3.63) is 29.3 Å². The zero-order valence-corrected chi connectivity index (χ0v) is 14.4. The molecule has 1 fully saturated rings. The molecular formula is C17H27NO2S. The zero-order chi connectivity index (χ0) is 15.6. The predicted molar refractivity (Wildman–Crippen MR) is 87.1 cm³/mol. The first-order valence-corrected chi connectivity index (χ1v) is 9.46. The number of nitrogens with zero attached hydrogens (tertiary/aromatic N) is 1. The summed E-state index contributed by atoms with van der Waals surface area (Å²) in [6, 6.07) is 5.81. The van der Waals surface area contributed by atoms with E-state index in [1.54, 1.807) is 10.4 Å². The van der Waals surface area contributed by atoms with E-state index >= 15 is 0 Å². The van der Waals surface area contributed by atoms with Gasteiger partial charge in [0.15, 0.2) is 0 Å². The summed E-state index contributed by atoms with van der Waals surface area (Å²) in [5, 5.41) is 0. The summed E-state index contributed by atoms with van der Waals surface area (Å²) in [5.74, 6) is 0.425. The summed E-state index contributed by atoms with van der Waals surface area (Å²) in [6.45, 7) is 9.10. The first-order valence-electron chi connectivity index (χ1n) is 8.02. The molecule has 0 unspecified atom stereocenters. The van der Waals surface area contributed by atoms with Gasteiger partial charge in [-0.25, -0.2) is 8.42 Å². The van der Waals surface area contributed by atoms with Gasteiger partial charge in [-0.3, -0.25) is 0 Å². The van der Waals surface area contributed by atoms with E-state index in [0.717, 1.165) is 25.7 Å². The van der Waals surface area contributed by atoms with Gasteiger partial charge in [-0.1, -0.05) is 33.3 Å². The first kappa shape index (κ1) is 16.5. The molecule has 0 aromatic heterocycles. The molecule has 1 saturated heterocycles. The molecule has 0 spiro atoms. The summed E-state index contributed by atoms with van der Waals surface area (Å²) in [7, 11) is -3.34. The smallest absolute Gasteiger partial charge is 0.207 e. The highest BCUT2D eigenvalue weighted by Gasteiger charge is 2.32. The predicted octanol–water partition coefficient (Wildman–Crippen LogP) is 3.94. The van der Waals surface area contributed by atoms with Crippen LogP contribution in [0, 0.1) is 0 Å². The van der Waals surface area contributed by atoms with E-state index in [-0.39, 0.29) is 6.04 Å². The summed E-state index contributed by atoms with van der Waals surface area (Å²) in [5.41, 5.74) is 2.45. The van der Waals surface area contributed by atoms with Crippen molar-refractivity contribution in [3.8, 4) is 0 Å². The molecular weight excluding hydrogens is 282 g/mol. The van der Waals surface area contributed by atoms with Crippen molar-refractivity contribution in [1.82, 2.24) is 4.31 Å². The second-order valence-corrected chi connectivity index (χ2v) is 8.26. The molecule has 2 rings (SSSR count). The molecule has 3 nitrogen and oxygen atoms in total. The Balaban J connectivity index is 2.42. The van der Waals surface area contributed by atoms with E-state index in [1.807, 2.05) is 19.1 Å². The molecule has 1 aromatic carbocycles. The maximum atomic E-state index is 12.8. The van der Waals surface area contributed by atoms with Gasteiger partial charge in [0.2, 0.25) is 10.0 Å². The van der Waals surface area contributed by atoms with Gasteiger partial charge in [-0.15, -0.1) is 0 Å². The molecule has 1 atom stereocenters.